The number of carbonyl (C=O) groups is 1. The van der Waals surface area contributed by atoms with Crippen LogP contribution in [0.4, 0.5) is 13.2 Å². The van der Waals surface area contributed by atoms with E-state index in [1.807, 2.05) is 0 Å². The Balaban J connectivity index is 1.83. The molecule has 34 heavy (non-hydrogen) atoms. The van der Waals surface area contributed by atoms with Crippen LogP contribution in [0, 0.1) is 6.92 Å². The molecule has 10 heteroatoms. The van der Waals surface area contributed by atoms with E-state index in [-0.39, 0.29) is 28.4 Å². The third-order valence-corrected chi connectivity index (χ3v) is 7.10. The number of sulfone groups is 1. The molecule has 0 radical (unpaired) electrons. The minimum absolute atomic E-state index is 0.00384. The van der Waals surface area contributed by atoms with Crippen LogP contribution in [0.25, 0.3) is 5.69 Å². The number of pyridine rings is 1. The number of carbonyl (C=O) groups excluding carboxylic acids is 1. The van der Waals surface area contributed by atoms with Crippen LogP contribution in [-0.2, 0) is 22.6 Å². The highest BCUT2D eigenvalue weighted by Crippen LogP contribution is 2.30. The number of aromatic nitrogens is 1. The quantitative estimate of drug-likeness (QED) is 0.534. The molecule has 1 heterocycles. The van der Waals surface area contributed by atoms with E-state index >= 15 is 0 Å². The van der Waals surface area contributed by atoms with Gasteiger partial charge in [0.25, 0.3) is 11.5 Å². The van der Waals surface area contributed by atoms with Gasteiger partial charge in [0.2, 0.25) is 0 Å². The van der Waals surface area contributed by atoms with Crippen molar-refractivity contribution in [1.82, 2.24) is 9.88 Å². The Labute approximate surface area is 195 Å². The van der Waals surface area contributed by atoms with Gasteiger partial charge in [0.15, 0.2) is 9.84 Å². The molecule has 0 saturated heterocycles. The van der Waals surface area contributed by atoms with Crippen molar-refractivity contribution in [3.8, 4) is 5.69 Å². The van der Waals surface area contributed by atoms with Crippen LogP contribution in [-0.4, -0.2) is 24.6 Å². The van der Waals surface area contributed by atoms with Crippen molar-refractivity contribution in [2.24, 2.45) is 0 Å². The molecular weight excluding hydrogens is 469 g/mol. The first-order valence-corrected chi connectivity index (χ1v) is 12.1. The highest BCUT2D eigenvalue weighted by Gasteiger charge is 2.30. The highest BCUT2D eigenvalue weighted by molar-refractivity contribution is 7.91. The average Bonchev–Trinajstić information content (AvgIpc) is 2.77. The Morgan fingerprint density at radius 1 is 1.03 bits per heavy atom. The second kappa shape index (κ2) is 9.84. The predicted molar refractivity (Wildman–Crippen MR) is 122 cm³/mol. The Kier molecular flexibility index (Phi) is 7.30. The molecule has 3 rings (SSSR count). The number of amides is 1. The van der Waals surface area contributed by atoms with Gasteiger partial charge in [-0.1, -0.05) is 25.1 Å². The van der Waals surface area contributed by atoms with Gasteiger partial charge in [-0.25, -0.2) is 8.42 Å². The number of alkyl halides is 3. The molecule has 0 saturated carbocycles. The Morgan fingerprint density at radius 2 is 1.71 bits per heavy atom. The summed E-state index contributed by atoms with van der Waals surface area (Å²) in [6.45, 7) is 3.36. The van der Waals surface area contributed by atoms with Gasteiger partial charge in [-0.2, -0.15) is 13.2 Å². The average molecular weight is 493 g/mol. The molecule has 1 N–H and O–H groups in total. The van der Waals surface area contributed by atoms with Crippen LogP contribution in [0.1, 0.15) is 40.5 Å². The van der Waals surface area contributed by atoms with Gasteiger partial charge in [-0.3, -0.25) is 14.2 Å². The van der Waals surface area contributed by atoms with Gasteiger partial charge >= 0.3 is 6.18 Å². The first-order chi connectivity index (χ1) is 15.9. The summed E-state index contributed by atoms with van der Waals surface area (Å²) in [4.78, 5) is 25.8. The van der Waals surface area contributed by atoms with E-state index in [9.17, 15) is 31.2 Å². The normalized spacial score (nSPS) is 11.9. The van der Waals surface area contributed by atoms with Crippen LogP contribution in [0.2, 0.25) is 0 Å². The van der Waals surface area contributed by atoms with Crippen molar-refractivity contribution in [2.75, 3.05) is 5.75 Å². The largest absolute Gasteiger partial charge is 0.416 e. The summed E-state index contributed by atoms with van der Waals surface area (Å²) in [7, 11) is -3.36. The number of rotatable bonds is 7. The number of benzene rings is 2. The Hall–Kier alpha value is -3.40. The summed E-state index contributed by atoms with van der Waals surface area (Å²) < 4.78 is 64.6. The molecule has 0 spiro atoms. The Bertz CT molecular complexity index is 1360. The van der Waals surface area contributed by atoms with Gasteiger partial charge in [0.05, 0.1) is 16.2 Å². The first kappa shape index (κ1) is 25.2. The van der Waals surface area contributed by atoms with Crippen molar-refractivity contribution in [2.45, 2.75) is 37.9 Å². The lowest BCUT2D eigenvalue weighted by molar-refractivity contribution is -0.137. The van der Waals surface area contributed by atoms with Crippen molar-refractivity contribution in [1.29, 1.82) is 0 Å². The minimum atomic E-state index is -4.58. The van der Waals surface area contributed by atoms with Crippen molar-refractivity contribution in [3.63, 3.8) is 0 Å². The van der Waals surface area contributed by atoms with E-state index in [1.54, 1.807) is 26.0 Å². The number of hydrogen-bond donors (Lipinski definition) is 1. The van der Waals surface area contributed by atoms with Crippen molar-refractivity contribution >= 4 is 15.7 Å². The molecular formula is C24H23F3N2O4S. The van der Waals surface area contributed by atoms with E-state index in [0.717, 1.165) is 16.7 Å². The molecule has 0 fully saturated rings. The molecule has 0 unspecified atom stereocenters. The summed E-state index contributed by atoms with van der Waals surface area (Å²) in [5, 5.41) is 2.59. The SMILES string of the molecule is CCCS(=O)(=O)c1ccc(CNC(=O)c2ccc(C)n(-c3cccc(C(F)(F)F)c3)c2=O)cc1. The van der Waals surface area contributed by atoms with E-state index in [0.29, 0.717) is 17.7 Å². The smallest absolute Gasteiger partial charge is 0.348 e. The highest BCUT2D eigenvalue weighted by atomic mass is 32.2. The fourth-order valence-electron chi connectivity index (χ4n) is 3.42. The molecule has 180 valence electrons. The maximum atomic E-state index is 13.1. The summed E-state index contributed by atoms with van der Waals surface area (Å²) in [6, 6.07) is 13.2. The minimum Gasteiger partial charge on any atom is -0.348 e. The molecule has 1 amide bonds. The lowest BCUT2D eigenvalue weighted by Gasteiger charge is -2.14. The van der Waals surface area contributed by atoms with Crippen LogP contribution in [0.5, 0.6) is 0 Å². The number of aryl methyl sites for hydroxylation is 1. The third kappa shape index (κ3) is 5.56. The molecule has 0 aliphatic heterocycles. The lowest BCUT2D eigenvalue weighted by atomic mass is 10.1. The second-order valence-electron chi connectivity index (χ2n) is 7.72. The zero-order chi connectivity index (χ0) is 25.1. The molecule has 0 aliphatic rings. The second-order valence-corrected chi connectivity index (χ2v) is 9.83. The summed E-state index contributed by atoms with van der Waals surface area (Å²) in [5.41, 5.74) is -0.909. The number of nitrogens with one attached hydrogen (secondary N) is 1. The predicted octanol–water partition coefficient (Wildman–Crippen LogP) is 4.28. The molecule has 0 atom stereocenters. The zero-order valence-electron chi connectivity index (χ0n) is 18.5. The standard InChI is InChI=1S/C24H23F3N2O4S/c1-3-13-34(32,33)20-10-8-17(9-11-20)15-28-22(30)21-12-7-16(2)29(23(21)31)19-6-4-5-18(14-19)24(25,26)27/h4-12,14H,3,13,15H2,1-2H3,(H,28,30). The fourth-order valence-corrected chi connectivity index (χ4v) is 4.75. The van der Waals surface area contributed by atoms with Gasteiger partial charge in [0.1, 0.15) is 5.56 Å². The van der Waals surface area contributed by atoms with Gasteiger partial charge in [0, 0.05) is 17.9 Å². The van der Waals surface area contributed by atoms with Crippen LogP contribution in [0.3, 0.4) is 0 Å². The van der Waals surface area contributed by atoms with Crippen LogP contribution < -0.4 is 10.9 Å². The number of hydrogen-bond acceptors (Lipinski definition) is 4. The van der Waals surface area contributed by atoms with Crippen molar-refractivity contribution in [3.05, 3.63) is 93.4 Å². The van der Waals surface area contributed by atoms with E-state index in [2.05, 4.69) is 5.32 Å². The fraction of sp³-hybridized carbons (Fsp3) is 0.250. The topological polar surface area (TPSA) is 85.2 Å². The first-order valence-electron chi connectivity index (χ1n) is 10.4. The van der Waals surface area contributed by atoms with Crippen LogP contribution >= 0.6 is 0 Å². The number of nitrogens with zero attached hydrogens (tertiary/aromatic N) is 1. The van der Waals surface area contributed by atoms with Crippen molar-refractivity contribution < 1.29 is 26.4 Å². The Morgan fingerprint density at radius 3 is 2.32 bits per heavy atom. The third-order valence-electron chi connectivity index (χ3n) is 5.16. The summed E-state index contributed by atoms with van der Waals surface area (Å²) in [5.74, 6) is -0.664. The molecule has 0 bridgehead atoms. The van der Waals surface area contributed by atoms with Crippen LogP contribution in [0.15, 0.2) is 70.4 Å². The molecule has 0 aliphatic carbocycles. The zero-order valence-corrected chi connectivity index (χ0v) is 19.3. The monoisotopic (exact) mass is 492 g/mol. The maximum Gasteiger partial charge on any atom is 0.416 e. The summed E-state index contributed by atoms with van der Waals surface area (Å²) >= 11 is 0. The lowest BCUT2D eigenvalue weighted by Crippen LogP contribution is -2.33. The van der Waals surface area contributed by atoms with Gasteiger partial charge in [-0.15, -0.1) is 0 Å². The maximum absolute atomic E-state index is 13.1. The summed E-state index contributed by atoms with van der Waals surface area (Å²) in [6.07, 6.45) is -4.08. The van der Waals surface area contributed by atoms with E-state index in [1.165, 1.54) is 36.4 Å². The van der Waals surface area contributed by atoms with E-state index in [4.69, 9.17) is 0 Å². The van der Waals surface area contributed by atoms with Gasteiger partial charge in [-0.05, 0) is 61.4 Å². The van der Waals surface area contributed by atoms with Gasteiger partial charge < -0.3 is 5.32 Å². The van der Waals surface area contributed by atoms with E-state index < -0.39 is 33.0 Å². The number of halogens is 3. The molecule has 1 aromatic heterocycles. The molecule has 2 aromatic carbocycles. The molecule has 3 aromatic rings. The molecule has 6 nitrogen and oxygen atoms in total.